The molecule has 1 aromatic rings. The molecular formula is C12H21N3. The van der Waals surface area contributed by atoms with Gasteiger partial charge in [-0.15, -0.1) is 0 Å². The number of rotatable bonds is 2. The SMILES string of the molecule is CNc1cc(C(C)C)nc(C(C)(C)C)n1. The molecule has 0 spiro atoms. The number of aromatic nitrogens is 2. The topological polar surface area (TPSA) is 37.8 Å². The molecule has 15 heavy (non-hydrogen) atoms. The fourth-order valence-corrected chi connectivity index (χ4v) is 1.23. The van der Waals surface area contributed by atoms with E-state index in [0.717, 1.165) is 17.3 Å². The molecule has 0 fully saturated rings. The van der Waals surface area contributed by atoms with Gasteiger partial charge in [0.15, 0.2) is 0 Å². The van der Waals surface area contributed by atoms with Crippen LogP contribution in [0.4, 0.5) is 5.82 Å². The number of hydrogen-bond acceptors (Lipinski definition) is 3. The molecule has 0 radical (unpaired) electrons. The van der Waals surface area contributed by atoms with Crippen molar-refractivity contribution in [2.45, 2.75) is 46.0 Å². The third kappa shape index (κ3) is 2.91. The van der Waals surface area contributed by atoms with Crippen LogP contribution in [0.25, 0.3) is 0 Å². The molecule has 1 aromatic heterocycles. The lowest BCUT2D eigenvalue weighted by Crippen LogP contribution is -2.18. The third-order valence-corrected chi connectivity index (χ3v) is 2.26. The molecule has 0 saturated heterocycles. The molecular weight excluding hydrogens is 186 g/mol. The van der Waals surface area contributed by atoms with Crippen LogP contribution in [0.5, 0.6) is 0 Å². The van der Waals surface area contributed by atoms with Gasteiger partial charge < -0.3 is 5.32 Å². The standard InChI is InChI=1S/C12H21N3/c1-8(2)9-7-10(13-6)15-11(14-9)12(3,4)5/h7-8H,1-6H3,(H,13,14,15). The highest BCUT2D eigenvalue weighted by Crippen LogP contribution is 2.23. The lowest BCUT2D eigenvalue weighted by Gasteiger charge is -2.19. The van der Waals surface area contributed by atoms with Gasteiger partial charge in [0.25, 0.3) is 0 Å². The minimum Gasteiger partial charge on any atom is -0.373 e. The second-order valence-corrected chi connectivity index (χ2v) is 5.16. The number of nitrogens with one attached hydrogen (secondary N) is 1. The Balaban J connectivity index is 3.23. The largest absolute Gasteiger partial charge is 0.373 e. The van der Waals surface area contributed by atoms with E-state index in [9.17, 15) is 0 Å². The van der Waals surface area contributed by atoms with Gasteiger partial charge >= 0.3 is 0 Å². The molecule has 0 aliphatic carbocycles. The van der Waals surface area contributed by atoms with Crippen LogP contribution in [0.3, 0.4) is 0 Å². The molecule has 0 atom stereocenters. The van der Waals surface area contributed by atoms with E-state index in [1.165, 1.54) is 0 Å². The Labute approximate surface area is 92.3 Å². The first kappa shape index (κ1) is 12.0. The molecule has 0 bridgehead atoms. The zero-order chi connectivity index (χ0) is 11.6. The van der Waals surface area contributed by atoms with Crippen LogP contribution in [-0.4, -0.2) is 17.0 Å². The Kier molecular flexibility index (Phi) is 3.32. The average molecular weight is 207 g/mol. The van der Waals surface area contributed by atoms with E-state index < -0.39 is 0 Å². The van der Waals surface area contributed by atoms with Crippen molar-refractivity contribution in [1.29, 1.82) is 0 Å². The van der Waals surface area contributed by atoms with E-state index in [4.69, 9.17) is 0 Å². The van der Waals surface area contributed by atoms with Crippen molar-refractivity contribution in [2.75, 3.05) is 12.4 Å². The van der Waals surface area contributed by atoms with Crippen LogP contribution < -0.4 is 5.32 Å². The molecule has 0 saturated carbocycles. The summed E-state index contributed by atoms with van der Waals surface area (Å²) in [7, 11) is 1.89. The predicted octanol–water partition coefficient (Wildman–Crippen LogP) is 2.94. The number of hydrogen-bond donors (Lipinski definition) is 1. The Morgan fingerprint density at radius 3 is 2.20 bits per heavy atom. The van der Waals surface area contributed by atoms with Crippen LogP contribution >= 0.6 is 0 Å². The quantitative estimate of drug-likeness (QED) is 0.810. The second kappa shape index (κ2) is 4.17. The van der Waals surface area contributed by atoms with E-state index in [0.29, 0.717) is 5.92 Å². The third-order valence-electron chi connectivity index (χ3n) is 2.26. The summed E-state index contributed by atoms with van der Waals surface area (Å²) in [6.45, 7) is 10.7. The molecule has 0 aliphatic rings. The maximum absolute atomic E-state index is 4.60. The van der Waals surface area contributed by atoms with Crippen molar-refractivity contribution >= 4 is 5.82 Å². The monoisotopic (exact) mass is 207 g/mol. The van der Waals surface area contributed by atoms with Crippen molar-refractivity contribution in [2.24, 2.45) is 0 Å². The minimum atomic E-state index is -0.00347. The smallest absolute Gasteiger partial charge is 0.136 e. The van der Waals surface area contributed by atoms with Crippen molar-refractivity contribution < 1.29 is 0 Å². The number of anilines is 1. The van der Waals surface area contributed by atoms with Gasteiger partial charge in [0.1, 0.15) is 11.6 Å². The molecule has 0 unspecified atom stereocenters. The Morgan fingerprint density at radius 2 is 1.80 bits per heavy atom. The van der Waals surface area contributed by atoms with Crippen molar-refractivity contribution in [3.05, 3.63) is 17.6 Å². The van der Waals surface area contributed by atoms with E-state index in [1.807, 2.05) is 13.1 Å². The fraction of sp³-hybridized carbons (Fsp3) is 0.667. The van der Waals surface area contributed by atoms with Crippen molar-refractivity contribution in [3.8, 4) is 0 Å². The van der Waals surface area contributed by atoms with E-state index in [1.54, 1.807) is 0 Å². The fourth-order valence-electron chi connectivity index (χ4n) is 1.23. The Morgan fingerprint density at radius 1 is 1.20 bits per heavy atom. The van der Waals surface area contributed by atoms with Gasteiger partial charge in [0.2, 0.25) is 0 Å². The van der Waals surface area contributed by atoms with Crippen LogP contribution in [0.2, 0.25) is 0 Å². The molecule has 1 N–H and O–H groups in total. The van der Waals surface area contributed by atoms with Gasteiger partial charge in [-0.1, -0.05) is 34.6 Å². The van der Waals surface area contributed by atoms with Gasteiger partial charge in [-0.05, 0) is 5.92 Å². The van der Waals surface area contributed by atoms with Crippen LogP contribution in [0.1, 0.15) is 52.1 Å². The van der Waals surface area contributed by atoms with Crippen LogP contribution in [-0.2, 0) is 5.41 Å². The van der Waals surface area contributed by atoms with Crippen LogP contribution in [0.15, 0.2) is 6.07 Å². The molecule has 3 heteroatoms. The zero-order valence-corrected chi connectivity index (χ0v) is 10.5. The summed E-state index contributed by atoms with van der Waals surface area (Å²) in [5.41, 5.74) is 1.09. The summed E-state index contributed by atoms with van der Waals surface area (Å²) in [6.07, 6.45) is 0. The number of nitrogens with zero attached hydrogens (tertiary/aromatic N) is 2. The normalized spacial score (nSPS) is 11.9. The maximum atomic E-state index is 4.60. The Bertz CT molecular complexity index is 337. The lowest BCUT2D eigenvalue weighted by molar-refractivity contribution is 0.539. The van der Waals surface area contributed by atoms with Gasteiger partial charge in [0.05, 0.1) is 0 Å². The van der Waals surface area contributed by atoms with E-state index >= 15 is 0 Å². The highest BCUT2D eigenvalue weighted by molar-refractivity contribution is 5.37. The predicted molar refractivity (Wildman–Crippen MR) is 64.4 cm³/mol. The van der Waals surface area contributed by atoms with Crippen molar-refractivity contribution in [3.63, 3.8) is 0 Å². The first-order valence-electron chi connectivity index (χ1n) is 5.42. The summed E-state index contributed by atoms with van der Waals surface area (Å²) >= 11 is 0. The average Bonchev–Trinajstić information content (AvgIpc) is 2.15. The molecule has 84 valence electrons. The van der Waals surface area contributed by atoms with Crippen LogP contribution in [0, 0.1) is 0 Å². The molecule has 0 aliphatic heterocycles. The molecule has 3 nitrogen and oxygen atoms in total. The first-order chi connectivity index (χ1) is 6.84. The Hall–Kier alpha value is -1.12. The zero-order valence-electron chi connectivity index (χ0n) is 10.5. The first-order valence-corrected chi connectivity index (χ1v) is 5.42. The molecule has 1 heterocycles. The lowest BCUT2D eigenvalue weighted by atomic mass is 9.95. The molecule has 0 amide bonds. The maximum Gasteiger partial charge on any atom is 0.136 e. The second-order valence-electron chi connectivity index (χ2n) is 5.16. The minimum absolute atomic E-state index is 0.00347. The van der Waals surface area contributed by atoms with Crippen molar-refractivity contribution in [1.82, 2.24) is 9.97 Å². The molecule has 0 aromatic carbocycles. The summed E-state index contributed by atoms with van der Waals surface area (Å²) in [5, 5.41) is 3.08. The summed E-state index contributed by atoms with van der Waals surface area (Å²) in [4.78, 5) is 9.08. The van der Waals surface area contributed by atoms with E-state index in [2.05, 4.69) is 49.9 Å². The molecule has 1 rings (SSSR count). The van der Waals surface area contributed by atoms with Gasteiger partial charge in [0, 0.05) is 24.2 Å². The highest BCUT2D eigenvalue weighted by atomic mass is 15.0. The van der Waals surface area contributed by atoms with Gasteiger partial charge in [-0.25, -0.2) is 9.97 Å². The summed E-state index contributed by atoms with van der Waals surface area (Å²) < 4.78 is 0. The van der Waals surface area contributed by atoms with Gasteiger partial charge in [-0.2, -0.15) is 0 Å². The van der Waals surface area contributed by atoms with Gasteiger partial charge in [-0.3, -0.25) is 0 Å². The summed E-state index contributed by atoms with van der Waals surface area (Å²) in [5.74, 6) is 2.23. The highest BCUT2D eigenvalue weighted by Gasteiger charge is 2.19. The van der Waals surface area contributed by atoms with E-state index in [-0.39, 0.29) is 5.41 Å². The summed E-state index contributed by atoms with van der Waals surface area (Å²) in [6, 6.07) is 2.01.